The van der Waals surface area contributed by atoms with Crippen LogP contribution in [0.25, 0.3) is 0 Å². The number of urea groups is 1. The lowest BCUT2D eigenvalue weighted by Crippen LogP contribution is -2.72. The lowest BCUT2D eigenvalue weighted by Gasteiger charge is -2.51. The number of alkyl halides is 3. The average Bonchev–Trinajstić information content (AvgIpc) is 3.04. The molecule has 4 fully saturated rings. The first-order chi connectivity index (χ1) is 23.0. The van der Waals surface area contributed by atoms with Gasteiger partial charge in [0.25, 0.3) is 18.3 Å². The van der Waals surface area contributed by atoms with E-state index in [4.69, 9.17) is 19.4 Å². The number of nitrogens with one attached hydrogen (secondary N) is 3. The molecule has 4 amide bonds. The summed E-state index contributed by atoms with van der Waals surface area (Å²) < 4.78 is 55.8. The van der Waals surface area contributed by atoms with Gasteiger partial charge in [0.15, 0.2) is 0 Å². The number of carbonyl (C=O) groups is 4. The Labute approximate surface area is 278 Å². The largest absolute Gasteiger partial charge is 0.573 e. The topological polar surface area (TPSA) is 159 Å². The predicted molar refractivity (Wildman–Crippen MR) is 166 cm³/mol. The van der Waals surface area contributed by atoms with Crippen LogP contribution in [0.3, 0.4) is 0 Å². The van der Waals surface area contributed by atoms with E-state index in [9.17, 15) is 27.6 Å². The number of halogens is 3. The zero-order valence-corrected chi connectivity index (χ0v) is 26.6. The maximum Gasteiger partial charge on any atom is 0.573 e. The number of hydrogen-bond donors (Lipinski definition) is 4. The lowest BCUT2D eigenvalue weighted by atomic mass is 9.80. The van der Waals surface area contributed by atoms with Crippen LogP contribution in [0.2, 0.25) is 0 Å². The second-order valence-electron chi connectivity index (χ2n) is 11.6. The molecular formula is C31H36F3N5O8S. The fourth-order valence-electron chi connectivity index (χ4n) is 6.43. The number of rotatable bonds is 7. The van der Waals surface area contributed by atoms with Gasteiger partial charge in [-0.05, 0) is 80.7 Å². The van der Waals surface area contributed by atoms with Crippen molar-refractivity contribution in [1.29, 1.82) is 0 Å². The van der Waals surface area contributed by atoms with Gasteiger partial charge >= 0.3 is 12.4 Å². The first kappa shape index (κ1) is 35.4. The molecule has 17 heteroatoms. The number of morpholine rings is 1. The molecule has 4 N–H and O–H groups in total. The normalized spacial score (nSPS) is 21.8. The van der Waals surface area contributed by atoms with E-state index in [1.165, 1.54) is 12.1 Å². The van der Waals surface area contributed by atoms with E-state index < -0.39 is 35.3 Å². The lowest BCUT2D eigenvalue weighted by molar-refractivity contribution is -0.274. The minimum atomic E-state index is -4.80. The highest BCUT2D eigenvalue weighted by Crippen LogP contribution is 2.40. The SMILES string of the molecule is O=C1NC(=O)C(c2ccc(Oc3ccc(OC(F)(F)F)cc3)cc2)(N2CCC3(CC2)CN(SC2CCNCC2)CCO3)C(=O)N1.O=CO. The van der Waals surface area contributed by atoms with Gasteiger partial charge in [-0.15, -0.1) is 13.2 Å². The molecule has 48 heavy (non-hydrogen) atoms. The monoisotopic (exact) mass is 695 g/mol. The molecule has 0 bridgehead atoms. The quantitative estimate of drug-likeness (QED) is 0.191. The predicted octanol–water partition coefficient (Wildman–Crippen LogP) is 3.21. The maximum atomic E-state index is 13.6. The van der Waals surface area contributed by atoms with Crippen molar-refractivity contribution >= 4 is 36.3 Å². The number of piperidine rings is 2. The van der Waals surface area contributed by atoms with Gasteiger partial charge < -0.3 is 24.6 Å². The number of nitrogens with zero attached hydrogens (tertiary/aromatic N) is 2. The number of hydrogen-bond acceptors (Lipinski definition) is 11. The number of carbonyl (C=O) groups excluding carboxylic acids is 3. The van der Waals surface area contributed by atoms with E-state index in [1.807, 2.05) is 11.9 Å². The van der Waals surface area contributed by atoms with Gasteiger partial charge in [-0.3, -0.25) is 29.9 Å². The third-order valence-corrected chi connectivity index (χ3v) is 10.0. The standard InChI is InChI=1S/C30H34F3N5O6S.CH2O2/c31-30(32,33)44-23-7-5-22(6-8-23)43-21-3-1-20(2-4-21)29(25(39)35-27(41)36-26(29)40)37-15-11-28(12-16-37)19-38(17-18-42-28)45-24-9-13-34-14-10-24;2-1-3/h1-8,24,34H,9-19H2,(H2,35,36,39,40,41);1H,(H,2,3). The molecule has 0 atom stereocenters. The van der Waals surface area contributed by atoms with E-state index >= 15 is 0 Å². The van der Waals surface area contributed by atoms with Crippen LogP contribution >= 0.6 is 11.9 Å². The average molecular weight is 696 g/mol. The number of amides is 4. The van der Waals surface area contributed by atoms with Crippen LogP contribution in [0.4, 0.5) is 18.0 Å². The number of imide groups is 2. The van der Waals surface area contributed by atoms with E-state index in [-0.39, 0.29) is 18.0 Å². The molecule has 4 saturated heterocycles. The van der Waals surface area contributed by atoms with Crippen LogP contribution < -0.4 is 25.4 Å². The van der Waals surface area contributed by atoms with Crippen LogP contribution in [-0.4, -0.2) is 102 Å². The number of ether oxygens (including phenoxy) is 3. The van der Waals surface area contributed by atoms with Crippen LogP contribution in [0.15, 0.2) is 48.5 Å². The van der Waals surface area contributed by atoms with Crippen LogP contribution in [0, 0.1) is 0 Å². The third-order valence-electron chi connectivity index (χ3n) is 8.62. The van der Waals surface area contributed by atoms with Crippen LogP contribution in [0.1, 0.15) is 31.2 Å². The number of barbiturate groups is 1. The Morgan fingerprint density at radius 3 is 2.00 bits per heavy atom. The smallest absolute Gasteiger partial charge is 0.483 e. The Hall–Kier alpha value is -3.90. The first-order valence-electron chi connectivity index (χ1n) is 15.4. The first-order valence-corrected chi connectivity index (χ1v) is 16.2. The zero-order chi connectivity index (χ0) is 34.4. The fraction of sp³-hybridized carbons (Fsp3) is 0.484. The summed E-state index contributed by atoms with van der Waals surface area (Å²) >= 11 is 1.91. The molecule has 260 valence electrons. The van der Waals surface area contributed by atoms with Crippen LogP contribution in [0.5, 0.6) is 17.2 Å². The second-order valence-corrected chi connectivity index (χ2v) is 13.0. The molecule has 6 rings (SSSR count). The summed E-state index contributed by atoms with van der Waals surface area (Å²) in [6.07, 6.45) is -1.35. The summed E-state index contributed by atoms with van der Waals surface area (Å²) in [6.45, 7) is 4.77. The number of likely N-dealkylation sites (tertiary alicyclic amines) is 1. The summed E-state index contributed by atoms with van der Waals surface area (Å²) in [5.74, 6) is -1.29. The minimum Gasteiger partial charge on any atom is -0.483 e. The molecule has 4 heterocycles. The van der Waals surface area contributed by atoms with Crippen molar-refractivity contribution in [3.63, 3.8) is 0 Å². The van der Waals surface area contributed by atoms with Gasteiger partial charge in [-0.2, -0.15) is 0 Å². The Bertz CT molecular complexity index is 1430. The van der Waals surface area contributed by atoms with Gasteiger partial charge in [0.05, 0.1) is 12.2 Å². The molecule has 2 aromatic rings. The van der Waals surface area contributed by atoms with Gasteiger partial charge in [-0.1, -0.05) is 24.1 Å². The summed E-state index contributed by atoms with van der Waals surface area (Å²) in [4.78, 5) is 49.4. The minimum absolute atomic E-state index is 0.250. The maximum absolute atomic E-state index is 13.6. The second kappa shape index (κ2) is 15.1. The van der Waals surface area contributed by atoms with Gasteiger partial charge in [-0.25, -0.2) is 9.10 Å². The Morgan fingerprint density at radius 1 is 0.896 bits per heavy atom. The molecule has 1 spiro atoms. The molecule has 0 aromatic heterocycles. The Morgan fingerprint density at radius 2 is 1.44 bits per heavy atom. The van der Waals surface area contributed by atoms with Gasteiger partial charge in [0, 0.05) is 31.4 Å². The summed E-state index contributed by atoms with van der Waals surface area (Å²) in [5.41, 5.74) is -1.86. The third kappa shape index (κ3) is 8.20. The molecule has 0 saturated carbocycles. The number of carboxylic acid groups (broad SMARTS) is 1. The van der Waals surface area contributed by atoms with Crippen LogP contribution in [-0.2, 0) is 24.7 Å². The van der Waals surface area contributed by atoms with Crippen molar-refractivity contribution < 1.29 is 51.7 Å². The molecule has 0 radical (unpaired) electrons. The van der Waals surface area contributed by atoms with Gasteiger partial charge in [0.2, 0.25) is 5.54 Å². The highest BCUT2D eigenvalue weighted by molar-refractivity contribution is 7.97. The molecule has 0 unspecified atom stereocenters. The van der Waals surface area contributed by atoms with Crippen molar-refractivity contribution in [3.8, 4) is 17.2 Å². The molecule has 4 aliphatic rings. The molecular weight excluding hydrogens is 659 g/mol. The van der Waals surface area contributed by atoms with Crippen molar-refractivity contribution in [2.45, 2.75) is 48.4 Å². The van der Waals surface area contributed by atoms with Crippen molar-refractivity contribution in [3.05, 3.63) is 54.1 Å². The molecule has 4 aliphatic heterocycles. The molecule has 13 nitrogen and oxygen atoms in total. The van der Waals surface area contributed by atoms with E-state index in [2.05, 4.69) is 25.0 Å². The van der Waals surface area contributed by atoms with Gasteiger partial charge in [0.1, 0.15) is 17.2 Å². The van der Waals surface area contributed by atoms with Crippen molar-refractivity contribution in [2.75, 3.05) is 45.9 Å². The summed E-state index contributed by atoms with van der Waals surface area (Å²) in [6, 6.07) is 10.3. The Kier molecular flexibility index (Phi) is 11.1. The molecule has 2 aromatic carbocycles. The number of benzene rings is 2. The zero-order valence-electron chi connectivity index (χ0n) is 25.8. The van der Waals surface area contributed by atoms with E-state index in [1.54, 1.807) is 29.2 Å². The van der Waals surface area contributed by atoms with E-state index in [0.29, 0.717) is 49.1 Å². The van der Waals surface area contributed by atoms with Crippen molar-refractivity contribution in [1.82, 2.24) is 25.2 Å². The summed E-state index contributed by atoms with van der Waals surface area (Å²) in [5, 5.41) is 15.4. The highest BCUT2D eigenvalue weighted by atomic mass is 32.2. The summed E-state index contributed by atoms with van der Waals surface area (Å²) in [7, 11) is 0. The Balaban J connectivity index is 0.00000145. The van der Waals surface area contributed by atoms with E-state index in [0.717, 1.165) is 51.2 Å². The highest BCUT2D eigenvalue weighted by Gasteiger charge is 2.58. The molecule has 0 aliphatic carbocycles. The van der Waals surface area contributed by atoms with Crippen molar-refractivity contribution in [2.24, 2.45) is 0 Å². The fourth-order valence-corrected chi connectivity index (χ4v) is 7.78.